The van der Waals surface area contributed by atoms with E-state index in [0.717, 1.165) is 43.5 Å². The van der Waals surface area contributed by atoms with Crippen molar-refractivity contribution in [2.45, 2.75) is 19.3 Å². The van der Waals surface area contributed by atoms with Gasteiger partial charge in [-0.1, -0.05) is 12.1 Å². The third-order valence-electron chi connectivity index (χ3n) is 4.24. The van der Waals surface area contributed by atoms with Crippen LogP contribution in [0, 0.1) is 5.92 Å². The summed E-state index contributed by atoms with van der Waals surface area (Å²) in [6, 6.07) is 8.42. The number of carbonyl (C=O) groups excluding carboxylic acids is 1. The molecule has 0 unspecified atom stereocenters. The van der Waals surface area contributed by atoms with E-state index >= 15 is 0 Å². The fraction of sp³-hybridized carbons (Fsp3) is 0.529. The molecule has 6 heteroatoms. The van der Waals surface area contributed by atoms with Gasteiger partial charge in [-0.3, -0.25) is 4.79 Å². The lowest BCUT2D eigenvalue weighted by atomic mass is 9.96. The summed E-state index contributed by atoms with van der Waals surface area (Å²) in [6.07, 6.45) is 2.51. The molecule has 3 rings (SSSR count). The summed E-state index contributed by atoms with van der Waals surface area (Å²) in [7, 11) is 1.67. The summed E-state index contributed by atoms with van der Waals surface area (Å²) in [5.74, 6) is 0.233. The highest BCUT2D eigenvalue weighted by atomic mass is 16.5. The molecule has 1 N–H and O–H groups in total. The first-order chi connectivity index (χ1) is 11.3. The van der Waals surface area contributed by atoms with Gasteiger partial charge in [0.2, 0.25) is 5.91 Å². The van der Waals surface area contributed by atoms with Gasteiger partial charge in [-0.15, -0.1) is 0 Å². The number of ether oxygens (including phenoxy) is 1. The quantitative estimate of drug-likeness (QED) is 0.827. The Hall–Kier alpha value is -2.08. The van der Waals surface area contributed by atoms with E-state index in [1.807, 2.05) is 24.3 Å². The molecule has 0 spiro atoms. The maximum atomic E-state index is 12.1. The molecule has 1 aliphatic heterocycles. The van der Waals surface area contributed by atoms with Gasteiger partial charge in [0.05, 0.1) is 0 Å². The number of carbonyl (C=O) groups is 1. The minimum absolute atomic E-state index is 0.0816. The number of rotatable bonds is 6. The molecule has 0 atom stereocenters. The standard InChI is InChI=1S/C17H23N3O3/c1-22-12-4-9-18-16(21)13-7-10-20(11-8-13)17-19-14-5-2-3-6-15(14)23-17/h2-3,5-6,13H,4,7-12H2,1H3,(H,18,21). The van der Waals surface area contributed by atoms with Gasteiger partial charge in [0.15, 0.2) is 5.58 Å². The molecular formula is C17H23N3O3. The summed E-state index contributed by atoms with van der Waals surface area (Å²) in [5, 5.41) is 2.99. The number of fused-ring (bicyclic) bond motifs is 1. The van der Waals surface area contributed by atoms with Crippen molar-refractivity contribution >= 4 is 23.0 Å². The van der Waals surface area contributed by atoms with Crippen LogP contribution in [0.25, 0.3) is 11.1 Å². The van der Waals surface area contributed by atoms with Gasteiger partial charge in [-0.25, -0.2) is 0 Å². The summed E-state index contributed by atoms with van der Waals surface area (Å²) < 4.78 is 10.8. The van der Waals surface area contributed by atoms with Crippen molar-refractivity contribution in [3.63, 3.8) is 0 Å². The average molecular weight is 317 g/mol. The molecule has 1 amide bonds. The smallest absolute Gasteiger partial charge is 0.298 e. The Morgan fingerprint density at radius 3 is 2.91 bits per heavy atom. The number of hydrogen-bond donors (Lipinski definition) is 1. The number of nitrogens with zero attached hydrogens (tertiary/aromatic N) is 2. The van der Waals surface area contributed by atoms with E-state index in [0.29, 0.717) is 19.2 Å². The third kappa shape index (κ3) is 3.82. The average Bonchev–Trinajstić information content (AvgIpc) is 3.03. The molecular weight excluding hydrogens is 294 g/mol. The maximum absolute atomic E-state index is 12.1. The van der Waals surface area contributed by atoms with Crippen LogP contribution in [0.5, 0.6) is 0 Å². The van der Waals surface area contributed by atoms with Crippen LogP contribution >= 0.6 is 0 Å². The summed E-state index contributed by atoms with van der Waals surface area (Å²) in [5.41, 5.74) is 1.68. The highest BCUT2D eigenvalue weighted by Gasteiger charge is 2.26. The maximum Gasteiger partial charge on any atom is 0.298 e. The van der Waals surface area contributed by atoms with Gasteiger partial charge in [0, 0.05) is 39.3 Å². The van der Waals surface area contributed by atoms with E-state index in [1.54, 1.807) is 7.11 Å². The predicted octanol–water partition coefficient (Wildman–Crippen LogP) is 2.20. The normalized spacial score (nSPS) is 16.0. The first-order valence-electron chi connectivity index (χ1n) is 8.15. The van der Waals surface area contributed by atoms with Crippen molar-refractivity contribution in [2.75, 3.05) is 38.3 Å². The van der Waals surface area contributed by atoms with E-state index in [1.165, 1.54) is 0 Å². The second kappa shape index (κ2) is 7.46. The van der Waals surface area contributed by atoms with Gasteiger partial charge >= 0.3 is 0 Å². The van der Waals surface area contributed by atoms with E-state index in [4.69, 9.17) is 9.15 Å². The number of methoxy groups -OCH3 is 1. The lowest BCUT2D eigenvalue weighted by Gasteiger charge is -2.30. The summed E-state index contributed by atoms with van der Waals surface area (Å²) in [6.45, 7) is 2.94. The van der Waals surface area contributed by atoms with Crippen molar-refractivity contribution < 1.29 is 13.9 Å². The molecule has 1 saturated heterocycles. The number of oxazole rings is 1. The Kier molecular flexibility index (Phi) is 5.12. The Morgan fingerprint density at radius 1 is 1.39 bits per heavy atom. The molecule has 1 aliphatic rings. The summed E-state index contributed by atoms with van der Waals surface area (Å²) in [4.78, 5) is 18.8. The Balaban J connectivity index is 1.50. The second-order valence-corrected chi connectivity index (χ2v) is 5.86. The molecule has 23 heavy (non-hydrogen) atoms. The molecule has 1 fully saturated rings. The topological polar surface area (TPSA) is 67.6 Å². The zero-order chi connectivity index (χ0) is 16.1. The lowest BCUT2D eigenvalue weighted by molar-refractivity contribution is -0.125. The number of para-hydroxylation sites is 2. The monoisotopic (exact) mass is 317 g/mol. The van der Waals surface area contributed by atoms with Crippen molar-refractivity contribution in [1.82, 2.24) is 10.3 Å². The number of benzene rings is 1. The van der Waals surface area contributed by atoms with Gasteiger partial charge in [0.25, 0.3) is 6.01 Å². The zero-order valence-electron chi connectivity index (χ0n) is 13.5. The molecule has 2 heterocycles. The number of nitrogens with one attached hydrogen (secondary N) is 1. The van der Waals surface area contributed by atoms with Gasteiger partial charge in [0.1, 0.15) is 5.52 Å². The Morgan fingerprint density at radius 2 is 2.17 bits per heavy atom. The van der Waals surface area contributed by atoms with Gasteiger partial charge < -0.3 is 19.4 Å². The van der Waals surface area contributed by atoms with Crippen LogP contribution in [0.2, 0.25) is 0 Å². The van der Waals surface area contributed by atoms with Crippen LogP contribution in [0.1, 0.15) is 19.3 Å². The minimum Gasteiger partial charge on any atom is -0.423 e. The predicted molar refractivity (Wildman–Crippen MR) is 88.4 cm³/mol. The van der Waals surface area contributed by atoms with E-state index in [2.05, 4.69) is 15.2 Å². The highest BCUT2D eigenvalue weighted by molar-refractivity contribution is 5.79. The number of hydrogen-bond acceptors (Lipinski definition) is 5. The van der Waals surface area contributed by atoms with E-state index in [-0.39, 0.29) is 11.8 Å². The molecule has 0 aliphatic carbocycles. The number of aromatic nitrogens is 1. The van der Waals surface area contributed by atoms with Crippen LogP contribution in [0.4, 0.5) is 6.01 Å². The SMILES string of the molecule is COCCCNC(=O)C1CCN(c2nc3ccccc3o2)CC1. The molecule has 2 aromatic rings. The lowest BCUT2D eigenvalue weighted by Crippen LogP contribution is -2.41. The molecule has 0 saturated carbocycles. The van der Waals surface area contributed by atoms with Crippen LogP contribution in [0.15, 0.2) is 28.7 Å². The van der Waals surface area contributed by atoms with Crippen molar-refractivity contribution in [3.05, 3.63) is 24.3 Å². The van der Waals surface area contributed by atoms with Crippen molar-refractivity contribution in [2.24, 2.45) is 5.92 Å². The molecule has 124 valence electrons. The Labute approximate surface area is 135 Å². The van der Waals surface area contributed by atoms with E-state index in [9.17, 15) is 4.79 Å². The van der Waals surface area contributed by atoms with Crippen LogP contribution in [-0.2, 0) is 9.53 Å². The minimum atomic E-state index is 0.0816. The van der Waals surface area contributed by atoms with Crippen molar-refractivity contribution in [3.8, 4) is 0 Å². The number of piperidine rings is 1. The van der Waals surface area contributed by atoms with Gasteiger partial charge in [-0.2, -0.15) is 4.98 Å². The highest BCUT2D eigenvalue weighted by Crippen LogP contribution is 2.26. The number of anilines is 1. The van der Waals surface area contributed by atoms with E-state index < -0.39 is 0 Å². The van der Waals surface area contributed by atoms with Crippen LogP contribution < -0.4 is 10.2 Å². The molecule has 0 bridgehead atoms. The van der Waals surface area contributed by atoms with Crippen LogP contribution in [0.3, 0.4) is 0 Å². The van der Waals surface area contributed by atoms with Gasteiger partial charge in [-0.05, 0) is 31.4 Å². The molecule has 1 aromatic heterocycles. The van der Waals surface area contributed by atoms with Crippen molar-refractivity contribution in [1.29, 1.82) is 0 Å². The molecule has 0 radical (unpaired) electrons. The molecule has 1 aromatic carbocycles. The third-order valence-corrected chi connectivity index (χ3v) is 4.24. The Bertz CT molecular complexity index is 614. The largest absolute Gasteiger partial charge is 0.423 e. The first-order valence-corrected chi connectivity index (χ1v) is 8.15. The fourth-order valence-electron chi connectivity index (χ4n) is 2.90. The van der Waals surface area contributed by atoms with Crippen LogP contribution in [-0.4, -0.2) is 44.2 Å². The summed E-state index contributed by atoms with van der Waals surface area (Å²) >= 11 is 0. The zero-order valence-corrected chi connectivity index (χ0v) is 13.5. The molecule has 6 nitrogen and oxygen atoms in total. The number of amides is 1. The fourth-order valence-corrected chi connectivity index (χ4v) is 2.90. The first kappa shape index (κ1) is 15.8. The second-order valence-electron chi connectivity index (χ2n) is 5.86.